The van der Waals surface area contributed by atoms with E-state index in [0.717, 1.165) is 28.4 Å². The van der Waals surface area contributed by atoms with E-state index in [4.69, 9.17) is 0 Å². The van der Waals surface area contributed by atoms with Gasteiger partial charge >= 0.3 is 0 Å². The highest BCUT2D eigenvalue weighted by Crippen LogP contribution is 2.47. The van der Waals surface area contributed by atoms with Crippen molar-refractivity contribution < 1.29 is 0 Å². The minimum Gasteiger partial charge on any atom is -0.311 e. The number of anilines is 6. The van der Waals surface area contributed by atoms with Gasteiger partial charge < -0.3 is 14.4 Å². The lowest BCUT2D eigenvalue weighted by atomic mass is 9.88. The third kappa shape index (κ3) is 6.73. The molecule has 13 aromatic rings. The number of fused-ring (bicyclic) bond motifs is 4. The van der Waals surface area contributed by atoms with E-state index in [9.17, 15) is 0 Å². The van der Waals surface area contributed by atoms with Crippen LogP contribution in [0, 0.1) is 13.8 Å². The van der Waals surface area contributed by atoms with Crippen LogP contribution in [0.25, 0.3) is 82.1 Å². The highest BCUT2D eigenvalue weighted by atomic mass is 15.1. The molecule has 12 aromatic carbocycles. The second-order valence-electron chi connectivity index (χ2n) is 18.2. The molecule has 0 aliphatic rings. The lowest BCUT2D eigenvalue weighted by Gasteiger charge is -2.28. The summed E-state index contributed by atoms with van der Waals surface area (Å²) in [5, 5.41) is 10.1. The highest BCUT2D eigenvalue weighted by molar-refractivity contribution is 6.33. The first-order valence-electron chi connectivity index (χ1n) is 23.8. The topological polar surface area (TPSA) is 11.4 Å². The summed E-state index contributed by atoms with van der Waals surface area (Å²) in [6.07, 6.45) is 0. The Morgan fingerprint density at radius 1 is 0.319 bits per heavy atom. The predicted molar refractivity (Wildman–Crippen MR) is 294 cm³/mol. The summed E-state index contributed by atoms with van der Waals surface area (Å²) in [6.45, 7) is 4.38. The number of hydrogen-bond acceptors (Lipinski definition) is 2. The van der Waals surface area contributed by atoms with Gasteiger partial charge in [-0.3, -0.25) is 0 Å². The zero-order valence-corrected chi connectivity index (χ0v) is 38.5. The van der Waals surface area contributed by atoms with E-state index < -0.39 is 0 Å². The fourth-order valence-corrected chi connectivity index (χ4v) is 10.9. The second-order valence-corrected chi connectivity index (χ2v) is 18.2. The van der Waals surface area contributed by atoms with Gasteiger partial charge in [0.2, 0.25) is 0 Å². The smallest absolute Gasteiger partial charge is 0.0620 e. The zero-order valence-electron chi connectivity index (χ0n) is 38.5. The average molecular weight is 882 g/mol. The molecule has 0 unspecified atom stereocenters. The van der Waals surface area contributed by atoms with Crippen LogP contribution in [0.1, 0.15) is 11.1 Å². The van der Waals surface area contributed by atoms with Crippen molar-refractivity contribution >= 4 is 88.2 Å². The van der Waals surface area contributed by atoms with Crippen molar-refractivity contribution in [3.05, 3.63) is 260 Å². The summed E-state index contributed by atoms with van der Waals surface area (Å²) in [5.74, 6) is 0. The van der Waals surface area contributed by atoms with Gasteiger partial charge in [-0.15, -0.1) is 0 Å². The first-order valence-corrected chi connectivity index (χ1v) is 23.8. The van der Waals surface area contributed by atoms with Gasteiger partial charge in [0.05, 0.1) is 11.0 Å². The molecule has 0 aliphatic carbocycles. The summed E-state index contributed by atoms with van der Waals surface area (Å²) in [7, 11) is 0. The molecule has 0 bridgehead atoms. The SMILES string of the molecule is Cc1ccccc1N(c1ccc(-c2ccc3c(c2)c2cc4ccc5c(-c6ccc(N(c7ccccc7)c7ccccc7)cc6)ccc6ccc(c4c65)c2n3-c2ccccc2)cc1)c1ccccc1C. The Balaban J connectivity index is 0.947. The minimum absolute atomic E-state index is 1.12. The van der Waals surface area contributed by atoms with E-state index >= 15 is 0 Å². The van der Waals surface area contributed by atoms with Gasteiger partial charge in [-0.25, -0.2) is 0 Å². The number of nitrogens with zero attached hydrogens (tertiary/aromatic N) is 3. The van der Waals surface area contributed by atoms with Crippen LogP contribution in [-0.4, -0.2) is 4.57 Å². The van der Waals surface area contributed by atoms with Crippen molar-refractivity contribution in [3.63, 3.8) is 0 Å². The molecule has 13 rings (SSSR count). The highest BCUT2D eigenvalue weighted by Gasteiger charge is 2.22. The van der Waals surface area contributed by atoms with Crippen LogP contribution in [0.2, 0.25) is 0 Å². The average Bonchev–Trinajstić information content (AvgIpc) is 3.74. The van der Waals surface area contributed by atoms with E-state index in [1.807, 2.05) is 0 Å². The molecule has 3 nitrogen and oxygen atoms in total. The Kier molecular flexibility index (Phi) is 9.62. The summed E-state index contributed by atoms with van der Waals surface area (Å²) in [6, 6.07) is 91.0. The van der Waals surface area contributed by atoms with Crippen molar-refractivity contribution in [1.29, 1.82) is 0 Å². The summed E-state index contributed by atoms with van der Waals surface area (Å²) < 4.78 is 2.48. The van der Waals surface area contributed by atoms with Crippen molar-refractivity contribution in [2.45, 2.75) is 13.8 Å². The van der Waals surface area contributed by atoms with Gasteiger partial charge in [0.1, 0.15) is 0 Å². The first-order chi connectivity index (χ1) is 34.1. The predicted octanol–water partition coefficient (Wildman–Crippen LogP) is 18.6. The molecule has 0 aliphatic heterocycles. The Morgan fingerprint density at radius 2 is 0.812 bits per heavy atom. The van der Waals surface area contributed by atoms with E-state index in [2.05, 4.69) is 277 Å². The first kappa shape index (κ1) is 40.4. The Morgan fingerprint density at radius 3 is 1.45 bits per heavy atom. The number of para-hydroxylation sites is 5. The second kappa shape index (κ2) is 16.4. The molecule has 1 aromatic heterocycles. The number of rotatable bonds is 9. The van der Waals surface area contributed by atoms with Gasteiger partial charge in [0.15, 0.2) is 0 Å². The van der Waals surface area contributed by atoms with Crippen molar-refractivity contribution in [3.8, 4) is 27.9 Å². The summed E-state index contributed by atoms with van der Waals surface area (Å²) >= 11 is 0. The molecule has 1 heterocycles. The normalized spacial score (nSPS) is 11.6. The molecule has 69 heavy (non-hydrogen) atoms. The van der Waals surface area contributed by atoms with Crippen LogP contribution < -0.4 is 9.80 Å². The Bertz CT molecular complexity index is 3920. The molecular formula is C66H47N3. The van der Waals surface area contributed by atoms with Gasteiger partial charge in [-0.05, 0) is 165 Å². The molecule has 3 heteroatoms. The van der Waals surface area contributed by atoms with Gasteiger partial charge in [-0.2, -0.15) is 0 Å². The number of aromatic nitrogens is 1. The van der Waals surface area contributed by atoms with Gasteiger partial charge in [-0.1, -0.05) is 158 Å². The standard InChI is InChI=1S/C66H47N3/c1-44-16-12-14-24-61(44)68(62-25-15-13-17-45(62)2)55-34-26-46(27-35-55)49-33-41-63-59(42-49)60-43-50-32-39-57-56(38-30-48-31-40-58(65(50)64(48)57)66(60)69(63)53-22-10-5-11-23-53)47-28-36-54(37-29-47)67(51-18-6-3-7-19-51)52-20-8-4-9-21-52/h3-43H,1-2H3. The fourth-order valence-electron chi connectivity index (χ4n) is 10.9. The third-order valence-electron chi connectivity index (χ3n) is 14.2. The molecule has 0 saturated heterocycles. The monoisotopic (exact) mass is 881 g/mol. The van der Waals surface area contributed by atoms with Crippen molar-refractivity contribution in [2.75, 3.05) is 9.80 Å². The molecule has 0 amide bonds. The number of benzene rings is 12. The minimum atomic E-state index is 1.12. The van der Waals surface area contributed by atoms with E-state index in [0.29, 0.717) is 0 Å². The van der Waals surface area contributed by atoms with Crippen LogP contribution >= 0.6 is 0 Å². The van der Waals surface area contributed by atoms with Gasteiger partial charge in [0.25, 0.3) is 0 Å². The third-order valence-corrected chi connectivity index (χ3v) is 14.2. The van der Waals surface area contributed by atoms with Crippen LogP contribution in [0.5, 0.6) is 0 Å². The van der Waals surface area contributed by atoms with E-state index in [1.165, 1.54) is 98.9 Å². The summed E-state index contributed by atoms with van der Waals surface area (Å²) in [4.78, 5) is 4.70. The molecule has 0 saturated carbocycles. The molecule has 0 spiro atoms. The maximum atomic E-state index is 2.48. The number of aryl methyl sites for hydroxylation is 2. The van der Waals surface area contributed by atoms with Crippen LogP contribution in [-0.2, 0) is 0 Å². The molecule has 0 atom stereocenters. The maximum absolute atomic E-state index is 2.48. The van der Waals surface area contributed by atoms with Crippen LogP contribution in [0.15, 0.2) is 249 Å². The molecule has 0 radical (unpaired) electrons. The van der Waals surface area contributed by atoms with Gasteiger partial charge in [0, 0.05) is 56.0 Å². The Labute approximate surface area is 402 Å². The fraction of sp³-hybridized carbons (Fsp3) is 0.0303. The summed E-state index contributed by atoms with van der Waals surface area (Å²) in [5.41, 5.74) is 17.7. The van der Waals surface area contributed by atoms with E-state index in [-0.39, 0.29) is 0 Å². The largest absolute Gasteiger partial charge is 0.311 e. The van der Waals surface area contributed by atoms with Crippen LogP contribution in [0.3, 0.4) is 0 Å². The molecule has 0 fully saturated rings. The van der Waals surface area contributed by atoms with Crippen molar-refractivity contribution in [1.82, 2.24) is 4.57 Å². The maximum Gasteiger partial charge on any atom is 0.0620 e. The van der Waals surface area contributed by atoms with Crippen LogP contribution in [0.4, 0.5) is 34.1 Å². The lowest BCUT2D eigenvalue weighted by Crippen LogP contribution is -2.12. The van der Waals surface area contributed by atoms with Crippen molar-refractivity contribution in [2.24, 2.45) is 0 Å². The number of hydrogen-bond donors (Lipinski definition) is 0. The molecular weight excluding hydrogens is 835 g/mol. The zero-order chi connectivity index (χ0) is 46.0. The molecule has 326 valence electrons. The van der Waals surface area contributed by atoms with E-state index in [1.54, 1.807) is 0 Å². The quantitative estimate of drug-likeness (QED) is 0.134. The molecule has 0 N–H and O–H groups in total. The lowest BCUT2D eigenvalue weighted by molar-refractivity contribution is 1.19. The Hall–Kier alpha value is -8.92.